The minimum Gasteiger partial charge on any atom is -0.390 e. The minimum atomic E-state index is -3.47. The summed E-state index contributed by atoms with van der Waals surface area (Å²) in [7, 11) is -3.47. The van der Waals surface area contributed by atoms with E-state index in [1.165, 1.54) is 6.33 Å². The van der Waals surface area contributed by atoms with Crippen molar-refractivity contribution in [3.63, 3.8) is 0 Å². The molecule has 1 heterocycles. The number of aromatic nitrogens is 2. The summed E-state index contributed by atoms with van der Waals surface area (Å²) in [6.45, 7) is 0. The van der Waals surface area contributed by atoms with Gasteiger partial charge >= 0.3 is 0 Å². The van der Waals surface area contributed by atoms with Crippen LogP contribution in [0.4, 0.5) is 0 Å². The molecule has 3 N–H and O–H groups in total. The fourth-order valence-electron chi connectivity index (χ4n) is 2.27. The van der Waals surface area contributed by atoms with Crippen LogP contribution in [0.25, 0.3) is 0 Å². The first-order chi connectivity index (χ1) is 8.38. The molecule has 1 aliphatic carbocycles. The van der Waals surface area contributed by atoms with Crippen molar-refractivity contribution in [2.24, 2.45) is 0 Å². The molecule has 1 aromatic rings. The third-order valence-corrected chi connectivity index (χ3v) is 3.75. The van der Waals surface area contributed by atoms with Crippen molar-refractivity contribution < 1.29 is 18.6 Å². The molecule has 0 radical (unpaired) electrons. The van der Waals surface area contributed by atoms with Gasteiger partial charge in [-0.15, -0.1) is 0 Å². The summed E-state index contributed by atoms with van der Waals surface area (Å²) in [4.78, 5) is 7.72. The lowest BCUT2D eigenvalue weighted by molar-refractivity contribution is 0.0338. The molecule has 4 atom stereocenters. The van der Waals surface area contributed by atoms with E-state index in [9.17, 15) is 18.6 Å². The fourth-order valence-corrected chi connectivity index (χ4v) is 3.07. The predicted octanol–water partition coefficient (Wildman–Crippen LogP) is -1.40. The summed E-state index contributed by atoms with van der Waals surface area (Å²) in [6.07, 6.45) is 3.66. The van der Waals surface area contributed by atoms with Gasteiger partial charge in [0.25, 0.3) is 0 Å². The summed E-state index contributed by atoms with van der Waals surface area (Å²) >= 11 is 0. The van der Waals surface area contributed by atoms with Crippen molar-refractivity contribution in [2.45, 2.75) is 30.6 Å². The van der Waals surface area contributed by atoms with Crippen LogP contribution in [0, 0.1) is 0 Å². The maximum Gasteiger partial charge on any atom is 0.209 e. The third-order valence-electron chi connectivity index (χ3n) is 3.05. The van der Waals surface area contributed by atoms with Gasteiger partial charge in [-0.1, -0.05) is 0 Å². The Morgan fingerprint density at radius 3 is 2.50 bits per heavy atom. The van der Waals surface area contributed by atoms with Crippen LogP contribution < -0.4 is 4.72 Å². The molecule has 0 spiro atoms. The molecule has 0 saturated heterocycles. The largest absolute Gasteiger partial charge is 0.390 e. The number of aliphatic hydroxyl groups excluding tert-OH is 2. The SMILES string of the molecule is CS(=O)(=O)N[C@H]1[C@H](O)[C@H](O)C[C@@H]1c1cncnc1. The van der Waals surface area contributed by atoms with Crippen molar-refractivity contribution in [3.8, 4) is 0 Å². The highest BCUT2D eigenvalue weighted by Crippen LogP contribution is 2.34. The number of nitrogens with one attached hydrogen (secondary N) is 1. The standard InChI is InChI=1S/C10H15N3O4S/c1-18(16,17)13-9-7(2-8(14)10(9)15)6-3-11-5-12-4-6/h3-5,7-10,13-15H,2H2,1H3/t7-,8-,9-,10-/m1/s1. The molecule has 0 amide bonds. The number of aliphatic hydroxyl groups is 2. The van der Waals surface area contributed by atoms with Crippen LogP contribution in [-0.4, -0.2) is 53.1 Å². The van der Waals surface area contributed by atoms with Gasteiger partial charge in [-0.3, -0.25) is 0 Å². The van der Waals surface area contributed by atoms with E-state index in [-0.39, 0.29) is 12.3 Å². The lowest BCUT2D eigenvalue weighted by Crippen LogP contribution is -2.44. The van der Waals surface area contributed by atoms with Gasteiger partial charge in [0.2, 0.25) is 10.0 Å². The highest BCUT2D eigenvalue weighted by Gasteiger charge is 2.43. The van der Waals surface area contributed by atoms with Gasteiger partial charge in [-0.05, 0) is 12.0 Å². The Kier molecular flexibility index (Phi) is 3.62. The molecule has 1 aromatic heterocycles. The van der Waals surface area contributed by atoms with E-state index in [4.69, 9.17) is 0 Å². The topological polar surface area (TPSA) is 112 Å². The van der Waals surface area contributed by atoms with E-state index < -0.39 is 28.3 Å². The first-order valence-electron chi connectivity index (χ1n) is 5.47. The highest BCUT2D eigenvalue weighted by molar-refractivity contribution is 7.88. The van der Waals surface area contributed by atoms with E-state index in [1.807, 2.05) is 0 Å². The number of hydrogen-bond donors (Lipinski definition) is 3. The Balaban J connectivity index is 2.28. The molecule has 7 nitrogen and oxygen atoms in total. The van der Waals surface area contributed by atoms with Crippen LogP contribution in [0.5, 0.6) is 0 Å². The lowest BCUT2D eigenvalue weighted by Gasteiger charge is -2.22. The maximum absolute atomic E-state index is 11.3. The highest BCUT2D eigenvalue weighted by atomic mass is 32.2. The Morgan fingerprint density at radius 1 is 1.33 bits per heavy atom. The monoisotopic (exact) mass is 273 g/mol. The molecule has 0 aliphatic heterocycles. The number of sulfonamides is 1. The van der Waals surface area contributed by atoms with Crippen LogP contribution >= 0.6 is 0 Å². The first kappa shape index (κ1) is 13.3. The molecular weight excluding hydrogens is 258 g/mol. The van der Waals surface area contributed by atoms with Crippen molar-refractivity contribution in [1.82, 2.24) is 14.7 Å². The van der Waals surface area contributed by atoms with Gasteiger partial charge < -0.3 is 10.2 Å². The summed E-state index contributed by atoms with van der Waals surface area (Å²) in [6, 6.07) is -0.763. The summed E-state index contributed by atoms with van der Waals surface area (Å²) in [5.74, 6) is -0.342. The predicted molar refractivity (Wildman–Crippen MR) is 63.2 cm³/mol. The minimum absolute atomic E-state index is 0.266. The first-order valence-corrected chi connectivity index (χ1v) is 7.36. The normalized spacial score (nSPS) is 32.6. The van der Waals surface area contributed by atoms with Gasteiger partial charge in [0.05, 0.1) is 24.5 Å². The lowest BCUT2D eigenvalue weighted by atomic mass is 9.97. The van der Waals surface area contributed by atoms with E-state index in [0.717, 1.165) is 6.26 Å². The summed E-state index contributed by atoms with van der Waals surface area (Å²) < 4.78 is 24.9. The van der Waals surface area contributed by atoms with E-state index >= 15 is 0 Å². The molecular formula is C10H15N3O4S. The number of hydrogen-bond acceptors (Lipinski definition) is 6. The van der Waals surface area contributed by atoms with Gasteiger partial charge in [-0.25, -0.2) is 23.1 Å². The second-order valence-electron chi connectivity index (χ2n) is 4.49. The molecule has 1 aliphatic rings. The molecule has 1 saturated carbocycles. The Morgan fingerprint density at radius 2 is 1.94 bits per heavy atom. The van der Waals surface area contributed by atoms with Crippen LogP contribution in [-0.2, 0) is 10.0 Å². The molecule has 0 bridgehead atoms. The van der Waals surface area contributed by atoms with Crippen molar-refractivity contribution in [3.05, 3.63) is 24.3 Å². The zero-order chi connectivity index (χ0) is 13.3. The Labute approximate surface area is 105 Å². The zero-order valence-electron chi connectivity index (χ0n) is 9.76. The Bertz CT molecular complexity index is 507. The number of rotatable bonds is 3. The zero-order valence-corrected chi connectivity index (χ0v) is 10.6. The smallest absolute Gasteiger partial charge is 0.209 e. The maximum atomic E-state index is 11.3. The molecule has 0 unspecified atom stereocenters. The molecule has 1 fully saturated rings. The van der Waals surface area contributed by atoms with Gasteiger partial charge in [-0.2, -0.15) is 0 Å². The van der Waals surface area contributed by atoms with E-state index in [2.05, 4.69) is 14.7 Å². The molecule has 8 heteroatoms. The molecule has 18 heavy (non-hydrogen) atoms. The van der Waals surface area contributed by atoms with Crippen molar-refractivity contribution in [2.75, 3.05) is 6.26 Å². The summed E-state index contributed by atoms with van der Waals surface area (Å²) in [5, 5.41) is 19.5. The van der Waals surface area contributed by atoms with Crippen LogP contribution in [0.1, 0.15) is 17.9 Å². The van der Waals surface area contributed by atoms with E-state index in [0.29, 0.717) is 5.56 Å². The van der Waals surface area contributed by atoms with Crippen LogP contribution in [0.3, 0.4) is 0 Å². The third kappa shape index (κ3) is 2.83. The fraction of sp³-hybridized carbons (Fsp3) is 0.600. The van der Waals surface area contributed by atoms with Crippen molar-refractivity contribution >= 4 is 10.0 Å². The Hall–Kier alpha value is -1.09. The second-order valence-corrected chi connectivity index (χ2v) is 6.27. The average molecular weight is 273 g/mol. The average Bonchev–Trinajstić information content (AvgIpc) is 2.57. The van der Waals surface area contributed by atoms with E-state index in [1.54, 1.807) is 12.4 Å². The second kappa shape index (κ2) is 4.88. The van der Waals surface area contributed by atoms with Gasteiger partial charge in [0.15, 0.2) is 0 Å². The van der Waals surface area contributed by atoms with Crippen LogP contribution in [0.2, 0.25) is 0 Å². The molecule has 0 aromatic carbocycles. The quantitative estimate of drug-likeness (QED) is 0.624. The number of nitrogens with zero attached hydrogens (tertiary/aromatic N) is 2. The molecule has 2 rings (SSSR count). The summed E-state index contributed by atoms with van der Waals surface area (Å²) in [5.41, 5.74) is 0.689. The van der Waals surface area contributed by atoms with Gasteiger partial charge in [0.1, 0.15) is 6.33 Å². The van der Waals surface area contributed by atoms with Gasteiger partial charge in [0, 0.05) is 18.3 Å². The molecule has 100 valence electrons. The van der Waals surface area contributed by atoms with Crippen molar-refractivity contribution in [1.29, 1.82) is 0 Å². The van der Waals surface area contributed by atoms with Crippen LogP contribution in [0.15, 0.2) is 18.7 Å².